The van der Waals surface area contributed by atoms with Gasteiger partial charge in [0.1, 0.15) is 11.1 Å². The van der Waals surface area contributed by atoms with Crippen LogP contribution in [0.1, 0.15) is 22.9 Å². The van der Waals surface area contributed by atoms with Crippen LogP contribution in [0.5, 0.6) is 0 Å². The summed E-state index contributed by atoms with van der Waals surface area (Å²) < 4.78 is 0. The van der Waals surface area contributed by atoms with Gasteiger partial charge < -0.3 is 10.6 Å². The molecule has 1 amide bonds. The van der Waals surface area contributed by atoms with E-state index in [4.69, 9.17) is 5.26 Å². The van der Waals surface area contributed by atoms with Gasteiger partial charge in [0.05, 0.1) is 12.1 Å². The molecule has 6 heteroatoms. The van der Waals surface area contributed by atoms with Crippen molar-refractivity contribution in [3.8, 4) is 6.07 Å². The summed E-state index contributed by atoms with van der Waals surface area (Å²) in [6.07, 6.45) is 0. The Kier molecular flexibility index (Phi) is 4.76. The highest BCUT2D eigenvalue weighted by Gasteiger charge is 2.20. The van der Waals surface area contributed by atoms with E-state index in [2.05, 4.69) is 28.5 Å². The molecule has 5 nitrogen and oxygen atoms in total. The Morgan fingerprint density at radius 1 is 1.60 bits per heavy atom. The van der Waals surface area contributed by atoms with Crippen LogP contribution < -0.4 is 10.6 Å². The second kappa shape index (κ2) is 6.35. The number of piperazine rings is 1. The summed E-state index contributed by atoms with van der Waals surface area (Å²) in [5, 5.41) is 16.1. The van der Waals surface area contributed by atoms with Gasteiger partial charge in [-0.2, -0.15) is 5.26 Å². The lowest BCUT2D eigenvalue weighted by molar-refractivity contribution is -0.117. The summed E-state index contributed by atoms with van der Waals surface area (Å²) >= 11 is 1.47. The van der Waals surface area contributed by atoms with Crippen molar-refractivity contribution in [2.45, 2.75) is 26.8 Å². The van der Waals surface area contributed by atoms with Crippen LogP contribution >= 0.6 is 11.3 Å². The molecule has 0 unspecified atom stereocenters. The van der Waals surface area contributed by atoms with Gasteiger partial charge in [0.2, 0.25) is 5.91 Å². The maximum absolute atomic E-state index is 12.1. The Balaban J connectivity index is 1.98. The predicted octanol–water partition coefficient (Wildman–Crippen LogP) is 1.47. The number of anilines is 1. The van der Waals surface area contributed by atoms with Gasteiger partial charge in [-0.1, -0.05) is 0 Å². The lowest BCUT2D eigenvalue weighted by atomic mass is 10.2. The van der Waals surface area contributed by atoms with Gasteiger partial charge >= 0.3 is 0 Å². The minimum absolute atomic E-state index is 0.0446. The molecule has 108 valence electrons. The zero-order valence-corrected chi connectivity index (χ0v) is 12.9. The molecule has 0 aliphatic carbocycles. The summed E-state index contributed by atoms with van der Waals surface area (Å²) in [7, 11) is 0. The number of hydrogen-bond donors (Lipinski definition) is 2. The van der Waals surface area contributed by atoms with E-state index in [0.717, 1.165) is 30.1 Å². The van der Waals surface area contributed by atoms with Crippen molar-refractivity contribution in [1.29, 1.82) is 5.26 Å². The average molecular weight is 292 g/mol. The Labute approximate surface area is 123 Å². The van der Waals surface area contributed by atoms with Gasteiger partial charge in [0, 0.05) is 30.6 Å². The maximum atomic E-state index is 12.1. The standard InChI is InChI=1S/C14H20N4OS/c1-9-7-18(5-4-16-9)8-13(19)17-14-12(6-15)10(2)11(3)20-14/h9,16H,4-5,7-8H2,1-3H3,(H,17,19)/t9-/m0/s1. The molecule has 0 spiro atoms. The van der Waals surface area contributed by atoms with Gasteiger partial charge in [-0.3, -0.25) is 9.69 Å². The fourth-order valence-corrected chi connectivity index (χ4v) is 3.40. The van der Waals surface area contributed by atoms with Gasteiger partial charge in [-0.25, -0.2) is 0 Å². The van der Waals surface area contributed by atoms with Crippen molar-refractivity contribution in [3.05, 3.63) is 16.0 Å². The van der Waals surface area contributed by atoms with E-state index in [-0.39, 0.29) is 5.91 Å². The van der Waals surface area contributed by atoms with Crippen LogP contribution in [0.25, 0.3) is 0 Å². The van der Waals surface area contributed by atoms with Crippen molar-refractivity contribution >= 4 is 22.2 Å². The third kappa shape index (κ3) is 3.37. The monoisotopic (exact) mass is 292 g/mol. The molecule has 1 aliphatic heterocycles. The summed E-state index contributed by atoms with van der Waals surface area (Å²) in [6, 6.07) is 2.59. The first kappa shape index (κ1) is 15.0. The number of nitriles is 1. The lowest BCUT2D eigenvalue weighted by Crippen LogP contribution is -2.51. The molecule has 0 saturated carbocycles. The highest BCUT2D eigenvalue weighted by atomic mass is 32.1. The molecule has 20 heavy (non-hydrogen) atoms. The third-order valence-electron chi connectivity index (χ3n) is 3.57. The minimum atomic E-state index is -0.0446. The largest absolute Gasteiger partial charge is 0.315 e. The predicted molar refractivity (Wildman–Crippen MR) is 81.0 cm³/mol. The molecule has 0 radical (unpaired) electrons. The SMILES string of the molecule is Cc1sc(NC(=O)CN2CCN[C@@H](C)C2)c(C#N)c1C. The van der Waals surface area contributed by atoms with Crippen LogP contribution in [0, 0.1) is 25.2 Å². The molecule has 0 aromatic carbocycles. The summed E-state index contributed by atoms with van der Waals surface area (Å²) in [4.78, 5) is 15.3. The smallest absolute Gasteiger partial charge is 0.239 e. The Morgan fingerprint density at radius 2 is 2.35 bits per heavy atom. The van der Waals surface area contributed by atoms with E-state index < -0.39 is 0 Å². The summed E-state index contributed by atoms with van der Waals surface area (Å²) in [5.41, 5.74) is 1.55. The topological polar surface area (TPSA) is 68.2 Å². The Morgan fingerprint density at radius 3 is 3.00 bits per heavy atom. The number of carbonyl (C=O) groups is 1. The van der Waals surface area contributed by atoms with Gasteiger partial charge in [0.15, 0.2) is 0 Å². The number of hydrogen-bond acceptors (Lipinski definition) is 5. The molecule has 2 rings (SSSR count). The summed E-state index contributed by atoms with van der Waals surface area (Å²) in [6.45, 7) is 9.05. The first-order chi connectivity index (χ1) is 9.51. The number of nitrogens with one attached hydrogen (secondary N) is 2. The van der Waals surface area contributed by atoms with Crippen LogP contribution in [0.4, 0.5) is 5.00 Å². The molecule has 1 aliphatic rings. The number of thiophene rings is 1. The van der Waals surface area contributed by atoms with Gasteiger partial charge in [-0.15, -0.1) is 11.3 Å². The third-order valence-corrected chi connectivity index (χ3v) is 4.69. The second-order valence-electron chi connectivity index (χ2n) is 5.24. The maximum Gasteiger partial charge on any atom is 0.239 e. The van der Waals surface area contributed by atoms with Gasteiger partial charge in [-0.05, 0) is 26.3 Å². The zero-order valence-electron chi connectivity index (χ0n) is 12.1. The van der Waals surface area contributed by atoms with Crippen molar-refractivity contribution in [2.24, 2.45) is 0 Å². The molecule has 1 saturated heterocycles. The normalized spacial score (nSPS) is 19.6. The Bertz CT molecular complexity index is 546. The van der Waals surface area contributed by atoms with E-state index in [0.29, 0.717) is 23.2 Å². The number of amides is 1. The number of rotatable bonds is 3. The molecule has 2 N–H and O–H groups in total. The molecular formula is C14H20N4OS. The average Bonchev–Trinajstić information content (AvgIpc) is 2.64. The van der Waals surface area contributed by atoms with E-state index in [1.807, 2.05) is 13.8 Å². The molecule has 1 aromatic rings. The number of nitrogens with zero attached hydrogens (tertiary/aromatic N) is 2. The highest BCUT2D eigenvalue weighted by molar-refractivity contribution is 7.16. The van der Waals surface area contributed by atoms with Gasteiger partial charge in [0.25, 0.3) is 0 Å². The fraction of sp³-hybridized carbons (Fsp3) is 0.571. The molecule has 0 bridgehead atoms. The number of aryl methyl sites for hydroxylation is 1. The zero-order chi connectivity index (χ0) is 14.7. The van der Waals surface area contributed by atoms with Crippen molar-refractivity contribution in [3.63, 3.8) is 0 Å². The lowest BCUT2D eigenvalue weighted by Gasteiger charge is -2.31. The first-order valence-electron chi connectivity index (χ1n) is 6.77. The quantitative estimate of drug-likeness (QED) is 0.885. The Hall–Kier alpha value is -1.42. The van der Waals surface area contributed by atoms with Crippen LogP contribution in [0.15, 0.2) is 0 Å². The number of carbonyl (C=O) groups excluding carboxylic acids is 1. The van der Waals surface area contributed by atoms with Crippen LogP contribution in [-0.4, -0.2) is 43.0 Å². The van der Waals surface area contributed by atoms with E-state index in [1.165, 1.54) is 11.3 Å². The molecule has 1 aromatic heterocycles. The summed E-state index contributed by atoms with van der Waals surface area (Å²) in [5.74, 6) is -0.0446. The van der Waals surface area contributed by atoms with Crippen LogP contribution in [-0.2, 0) is 4.79 Å². The minimum Gasteiger partial charge on any atom is -0.315 e. The molecule has 1 atom stereocenters. The van der Waals surface area contributed by atoms with E-state index in [1.54, 1.807) is 0 Å². The van der Waals surface area contributed by atoms with Crippen LogP contribution in [0.3, 0.4) is 0 Å². The first-order valence-corrected chi connectivity index (χ1v) is 7.58. The fourth-order valence-electron chi connectivity index (χ4n) is 2.37. The molecular weight excluding hydrogens is 272 g/mol. The van der Waals surface area contributed by atoms with E-state index >= 15 is 0 Å². The second-order valence-corrected chi connectivity index (χ2v) is 6.46. The van der Waals surface area contributed by atoms with Crippen LogP contribution in [0.2, 0.25) is 0 Å². The van der Waals surface area contributed by atoms with Crippen molar-refractivity contribution < 1.29 is 4.79 Å². The molecule has 1 fully saturated rings. The molecule has 2 heterocycles. The highest BCUT2D eigenvalue weighted by Crippen LogP contribution is 2.31. The van der Waals surface area contributed by atoms with Crippen molar-refractivity contribution in [1.82, 2.24) is 10.2 Å². The van der Waals surface area contributed by atoms with Crippen molar-refractivity contribution in [2.75, 3.05) is 31.5 Å². The van der Waals surface area contributed by atoms with E-state index in [9.17, 15) is 4.79 Å².